The Labute approximate surface area is 162 Å². The van der Waals surface area contributed by atoms with E-state index in [1.54, 1.807) is 11.3 Å². The summed E-state index contributed by atoms with van der Waals surface area (Å²) in [6, 6.07) is 15.8. The lowest BCUT2D eigenvalue weighted by molar-refractivity contribution is -0.117. The van der Waals surface area contributed by atoms with Crippen LogP contribution in [-0.2, 0) is 11.3 Å². The van der Waals surface area contributed by atoms with Crippen LogP contribution in [0.1, 0.15) is 10.6 Å². The quantitative estimate of drug-likeness (QED) is 0.746. The van der Waals surface area contributed by atoms with Crippen molar-refractivity contribution < 1.29 is 9.53 Å². The Bertz CT molecular complexity index is 954. The fourth-order valence-corrected chi connectivity index (χ4v) is 3.79. The Morgan fingerprint density at radius 2 is 2.15 bits per heavy atom. The SMILES string of the molecule is Cc1nc(-c2cccc(NC(=O)CN3CCOc4ccccc4C3)c2)cs1. The summed E-state index contributed by atoms with van der Waals surface area (Å²) < 4.78 is 5.77. The second-order valence-corrected chi connectivity index (χ2v) is 7.61. The summed E-state index contributed by atoms with van der Waals surface area (Å²) in [6.07, 6.45) is 0. The van der Waals surface area contributed by atoms with Crippen molar-refractivity contribution >= 4 is 22.9 Å². The van der Waals surface area contributed by atoms with Crippen LogP contribution in [-0.4, -0.2) is 35.5 Å². The maximum absolute atomic E-state index is 12.5. The smallest absolute Gasteiger partial charge is 0.238 e. The lowest BCUT2D eigenvalue weighted by atomic mass is 10.1. The normalized spacial score (nSPS) is 14.1. The van der Waals surface area contributed by atoms with E-state index in [-0.39, 0.29) is 5.91 Å². The number of carbonyl (C=O) groups excluding carboxylic acids is 1. The van der Waals surface area contributed by atoms with Crippen LogP contribution in [0.15, 0.2) is 53.9 Å². The van der Waals surface area contributed by atoms with E-state index in [1.165, 1.54) is 0 Å². The van der Waals surface area contributed by atoms with Crippen LogP contribution < -0.4 is 10.1 Å². The van der Waals surface area contributed by atoms with Gasteiger partial charge in [-0.25, -0.2) is 4.98 Å². The Morgan fingerprint density at radius 3 is 3.00 bits per heavy atom. The number of nitrogens with zero attached hydrogens (tertiary/aromatic N) is 2. The third-order valence-electron chi connectivity index (χ3n) is 4.46. The number of anilines is 1. The Morgan fingerprint density at radius 1 is 1.26 bits per heavy atom. The zero-order valence-electron chi connectivity index (χ0n) is 15.1. The average Bonchev–Trinajstić information content (AvgIpc) is 2.99. The number of hydrogen-bond acceptors (Lipinski definition) is 5. The molecule has 0 atom stereocenters. The maximum Gasteiger partial charge on any atom is 0.238 e. The highest BCUT2D eigenvalue weighted by Gasteiger charge is 2.17. The lowest BCUT2D eigenvalue weighted by Gasteiger charge is -2.18. The number of aromatic nitrogens is 1. The molecule has 0 unspecified atom stereocenters. The Balaban J connectivity index is 1.41. The second kappa shape index (κ2) is 7.90. The van der Waals surface area contributed by atoms with Gasteiger partial charge in [-0.3, -0.25) is 9.69 Å². The van der Waals surface area contributed by atoms with Gasteiger partial charge in [-0.15, -0.1) is 11.3 Å². The minimum Gasteiger partial charge on any atom is -0.492 e. The minimum absolute atomic E-state index is 0.0269. The van der Waals surface area contributed by atoms with E-state index >= 15 is 0 Å². The van der Waals surface area contributed by atoms with E-state index in [2.05, 4.69) is 15.2 Å². The summed E-state index contributed by atoms with van der Waals surface area (Å²) in [5.74, 6) is 0.882. The van der Waals surface area contributed by atoms with Gasteiger partial charge in [0.25, 0.3) is 0 Å². The van der Waals surface area contributed by atoms with Crippen LogP contribution in [0.5, 0.6) is 5.75 Å². The van der Waals surface area contributed by atoms with Crippen molar-refractivity contribution in [2.45, 2.75) is 13.5 Å². The first-order valence-electron chi connectivity index (χ1n) is 8.93. The van der Waals surface area contributed by atoms with Gasteiger partial charge in [-0.2, -0.15) is 0 Å². The van der Waals surface area contributed by atoms with Crippen molar-refractivity contribution in [1.82, 2.24) is 9.88 Å². The molecule has 6 heteroatoms. The van der Waals surface area contributed by atoms with Crippen molar-refractivity contribution in [2.75, 3.05) is 25.0 Å². The average molecular weight is 379 g/mol. The first kappa shape index (κ1) is 17.7. The van der Waals surface area contributed by atoms with Gasteiger partial charge in [0.05, 0.1) is 17.2 Å². The molecule has 2 aromatic carbocycles. The number of para-hydroxylation sites is 1. The molecule has 5 nitrogen and oxygen atoms in total. The molecule has 0 fully saturated rings. The predicted octanol–water partition coefficient (Wildman–Crippen LogP) is 3.95. The van der Waals surface area contributed by atoms with Crippen LogP contribution in [0.2, 0.25) is 0 Å². The van der Waals surface area contributed by atoms with E-state index in [1.807, 2.05) is 60.8 Å². The molecule has 27 heavy (non-hydrogen) atoms. The molecule has 138 valence electrons. The van der Waals surface area contributed by atoms with Gasteiger partial charge < -0.3 is 10.1 Å². The first-order valence-corrected chi connectivity index (χ1v) is 9.81. The molecular formula is C21H21N3O2S. The summed E-state index contributed by atoms with van der Waals surface area (Å²) in [4.78, 5) is 19.2. The molecule has 1 aliphatic rings. The van der Waals surface area contributed by atoms with E-state index < -0.39 is 0 Å². The zero-order valence-corrected chi connectivity index (χ0v) is 16.0. The molecule has 0 bridgehead atoms. The van der Waals surface area contributed by atoms with E-state index in [4.69, 9.17) is 4.74 Å². The molecule has 0 saturated carbocycles. The zero-order chi connectivity index (χ0) is 18.6. The largest absolute Gasteiger partial charge is 0.492 e. The summed E-state index contributed by atoms with van der Waals surface area (Å²) in [5, 5.41) is 6.07. The fraction of sp³-hybridized carbons (Fsp3) is 0.238. The number of thiazole rings is 1. The molecule has 0 aliphatic carbocycles. The number of hydrogen-bond donors (Lipinski definition) is 1. The van der Waals surface area contributed by atoms with Crippen LogP contribution in [0.4, 0.5) is 5.69 Å². The van der Waals surface area contributed by atoms with E-state index in [9.17, 15) is 4.79 Å². The van der Waals surface area contributed by atoms with Gasteiger partial charge >= 0.3 is 0 Å². The molecule has 0 spiro atoms. The number of amides is 1. The van der Waals surface area contributed by atoms with Gasteiger partial charge in [0.1, 0.15) is 12.4 Å². The predicted molar refractivity (Wildman–Crippen MR) is 108 cm³/mol. The number of fused-ring (bicyclic) bond motifs is 1. The topological polar surface area (TPSA) is 54.5 Å². The summed E-state index contributed by atoms with van der Waals surface area (Å²) in [6.45, 7) is 4.34. The molecule has 4 rings (SSSR count). The molecule has 0 radical (unpaired) electrons. The van der Waals surface area contributed by atoms with Crippen molar-refractivity contribution in [1.29, 1.82) is 0 Å². The van der Waals surface area contributed by atoms with Crippen molar-refractivity contribution in [3.63, 3.8) is 0 Å². The highest BCUT2D eigenvalue weighted by Crippen LogP contribution is 2.25. The van der Waals surface area contributed by atoms with Crippen molar-refractivity contribution in [2.24, 2.45) is 0 Å². The molecule has 0 saturated heterocycles. The minimum atomic E-state index is -0.0269. The van der Waals surface area contributed by atoms with Gasteiger partial charge in [0.2, 0.25) is 5.91 Å². The molecule has 1 amide bonds. The fourth-order valence-electron chi connectivity index (χ4n) is 3.17. The molecule has 1 aliphatic heterocycles. The lowest BCUT2D eigenvalue weighted by Crippen LogP contribution is -2.34. The van der Waals surface area contributed by atoms with Crippen LogP contribution in [0.25, 0.3) is 11.3 Å². The Kier molecular flexibility index (Phi) is 5.18. The Hall–Kier alpha value is -2.70. The number of nitrogens with one attached hydrogen (secondary N) is 1. The number of ether oxygens (including phenoxy) is 1. The highest BCUT2D eigenvalue weighted by molar-refractivity contribution is 7.09. The monoisotopic (exact) mass is 379 g/mol. The van der Waals surface area contributed by atoms with Crippen molar-refractivity contribution in [3.8, 4) is 17.0 Å². The third-order valence-corrected chi connectivity index (χ3v) is 5.23. The van der Waals surface area contributed by atoms with E-state index in [0.717, 1.165) is 39.8 Å². The van der Waals surface area contributed by atoms with Crippen molar-refractivity contribution in [3.05, 3.63) is 64.5 Å². The molecule has 1 N–H and O–H groups in total. The molecule has 2 heterocycles. The molecular weight excluding hydrogens is 358 g/mol. The maximum atomic E-state index is 12.5. The molecule has 1 aromatic heterocycles. The number of aryl methyl sites for hydroxylation is 1. The number of benzene rings is 2. The molecule has 3 aromatic rings. The van der Waals surface area contributed by atoms with Gasteiger partial charge in [-0.05, 0) is 25.1 Å². The van der Waals surface area contributed by atoms with Gasteiger partial charge in [0.15, 0.2) is 0 Å². The van der Waals surface area contributed by atoms with Gasteiger partial charge in [-0.1, -0.05) is 30.3 Å². The third kappa shape index (κ3) is 4.35. The summed E-state index contributed by atoms with van der Waals surface area (Å²) >= 11 is 1.62. The van der Waals surface area contributed by atoms with E-state index in [0.29, 0.717) is 19.7 Å². The summed E-state index contributed by atoms with van der Waals surface area (Å²) in [5.41, 5.74) is 3.85. The summed E-state index contributed by atoms with van der Waals surface area (Å²) in [7, 11) is 0. The number of carbonyl (C=O) groups is 1. The van der Waals surface area contributed by atoms with Crippen LogP contribution >= 0.6 is 11.3 Å². The van der Waals surface area contributed by atoms with Gasteiger partial charge in [0, 0.05) is 35.3 Å². The standard InChI is InChI=1S/C21H21N3O2S/c1-15-22-19(14-27-15)16-6-4-7-18(11-16)23-21(25)13-24-9-10-26-20-8-3-2-5-17(20)12-24/h2-8,11,14H,9-10,12-13H2,1H3,(H,23,25). The second-order valence-electron chi connectivity index (χ2n) is 6.55. The number of rotatable bonds is 4. The van der Waals surface area contributed by atoms with Crippen LogP contribution in [0.3, 0.4) is 0 Å². The first-order chi connectivity index (χ1) is 13.2. The van der Waals surface area contributed by atoms with Crippen LogP contribution in [0, 0.1) is 6.92 Å². The highest BCUT2D eigenvalue weighted by atomic mass is 32.1.